The van der Waals surface area contributed by atoms with Crippen LogP contribution in [-0.2, 0) is 11.0 Å². The number of para-hydroxylation sites is 2. The van der Waals surface area contributed by atoms with E-state index >= 15 is 0 Å². The average Bonchev–Trinajstić information content (AvgIpc) is 2.69. The lowest BCUT2D eigenvalue weighted by atomic mass is 10.2. The zero-order chi connectivity index (χ0) is 20.1. The van der Waals surface area contributed by atoms with Gasteiger partial charge in [-0.05, 0) is 24.3 Å². The molecule has 3 rings (SSSR count). The van der Waals surface area contributed by atoms with E-state index < -0.39 is 35.9 Å². The first-order valence-electron chi connectivity index (χ1n) is 8.08. The van der Waals surface area contributed by atoms with Crippen molar-refractivity contribution in [1.82, 2.24) is 15.8 Å². The Bertz CT molecular complexity index is 1020. The second-order valence-electron chi connectivity index (χ2n) is 5.67. The molecule has 1 heterocycles. The number of hydrogen-bond acceptors (Lipinski definition) is 4. The molecule has 0 atom stereocenters. The number of alkyl halides is 3. The maximum absolute atomic E-state index is 12.9. The first-order chi connectivity index (χ1) is 13.3. The molecule has 3 aromatic rings. The number of ether oxygens (including phenoxy) is 1. The van der Waals surface area contributed by atoms with Crippen molar-refractivity contribution < 1.29 is 27.5 Å². The molecular formula is C19H14F3N3O3. The summed E-state index contributed by atoms with van der Waals surface area (Å²) >= 11 is 0. The van der Waals surface area contributed by atoms with E-state index in [4.69, 9.17) is 4.74 Å². The molecule has 0 spiro atoms. The predicted molar refractivity (Wildman–Crippen MR) is 94.3 cm³/mol. The van der Waals surface area contributed by atoms with Crippen LogP contribution in [0.25, 0.3) is 10.9 Å². The number of nitrogens with zero attached hydrogens (tertiary/aromatic N) is 1. The monoisotopic (exact) mass is 389 g/mol. The summed E-state index contributed by atoms with van der Waals surface area (Å²) in [6.07, 6.45) is -4.61. The molecule has 1 aromatic heterocycles. The van der Waals surface area contributed by atoms with Gasteiger partial charge in [-0.25, -0.2) is 4.98 Å². The van der Waals surface area contributed by atoms with Gasteiger partial charge < -0.3 is 4.74 Å². The van der Waals surface area contributed by atoms with Crippen LogP contribution >= 0.6 is 0 Å². The molecule has 0 aliphatic rings. The zero-order valence-electron chi connectivity index (χ0n) is 14.3. The molecule has 28 heavy (non-hydrogen) atoms. The number of rotatable bonds is 4. The summed E-state index contributed by atoms with van der Waals surface area (Å²) in [7, 11) is 0. The number of fused-ring (bicyclic) bond motifs is 1. The normalized spacial score (nSPS) is 11.1. The minimum absolute atomic E-state index is 0.0716. The fourth-order valence-corrected chi connectivity index (χ4v) is 2.39. The van der Waals surface area contributed by atoms with Crippen LogP contribution in [0.15, 0.2) is 60.7 Å². The Morgan fingerprint density at radius 2 is 1.64 bits per heavy atom. The molecule has 144 valence electrons. The predicted octanol–water partition coefficient (Wildman–Crippen LogP) is 3.09. The SMILES string of the molecule is O=C(COc1ccccc1C(F)(F)F)NNC(=O)c1ccc2ccccc2n1. The van der Waals surface area contributed by atoms with Gasteiger partial charge in [0.15, 0.2) is 6.61 Å². The van der Waals surface area contributed by atoms with Crippen molar-refractivity contribution in [1.29, 1.82) is 0 Å². The van der Waals surface area contributed by atoms with Crippen LogP contribution in [-0.4, -0.2) is 23.4 Å². The Morgan fingerprint density at radius 3 is 2.43 bits per heavy atom. The quantitative estimate of drug-likeness (QED) is 0.672. The van der Waals surface area contributed by atoms with E-state index in [9.17, 15) is 22.8 Å². The van der Waals surface area contributed by atoms with Gasteiger partial charge in [0.05, 0.1) is 11.1 Å². The third kappa shape index (κ3) is 4.56. The lowest BCUT2D eigenvalue weighted by molar-refractivity contribution is -0.139. The molecule has 0 saturated heterocycles. The number of carbonyl (C=O) groups excluding carboxylic acids is 2. The number of carbonyl (C=O) groups is 2. The lowest BCUT2D eigenvalue weighted by Crippen LogP contribution is -2.44. The van der Waals surface area contributed by atoms with Gasteiger partial charge in [-0.15, -0.1) is 0 Å². The Kier molecular flexibility index (Phi) is 5.44. The van der Waals surface area contributed by atoms with Crippen molar-refractivity contribution in [2.45, 2.75) is 6.18 Å². The van der Waals surface area contributed by atoms with Crippen molar-refractivity contribution >= 4 is 22.7 Å². The fraction of sp³-hybridized carbons (Fsp3) is 0.105. The summed E-state index contributed by atoms with van der Waals surface area (Å²) in [6.45, 7) is -0.710. The minimum Gasteiger partial charge on any atom is -0.483 e. The van der Waals surface area contributed by atoms with Crippen molar-refractivity contribution in [2.24, 2.45) is 0 Å². The standard InChI is InChI=1S/C19H14F3N3O3/c20-19(21,22)13-6-2-4-8-16(13)28-11-17(26)24-25-18(27)15-10-9-12-5-1-3-7-14(12)23-15/h1-10H,11H2,(H,24,26)(H,25,27). The van der Waals surface area contributed by atoms with Gasteiger partial charge in [-0.1, -0.05) is 36.4 Å². The maximum Gasteiger partial charge on any atom is 0.419 e. The highest BCUT2D eigenvalue weighted by Gasteiger charge is 2.34. The van der Waals surface area contributed by atoms with E-state index in [1.54, 1.807) is 18.2 Å². The third-order valence-corrected chi connectivity index (χ3v) is 3.70. The van der Waals surface area contributed by atoms with Crippen LogP contribution in [0.3, 0.4) is 0 Å². The molecule has 0 saturated carbocycles. The highest BCUT2D eigenvalue weighted by Crippen LogP contribution is 2.35. The summed E-state index contributed by atoms with van der Waals surface area (Å²) in [4.78, 5) is 28.0. The topological polar surface area (TPSA) is 80.3 Å². The number of benzene rings is 2. The Labute approximate surface area is 157 Å². The van der Waals surface area contributed by atoms with Gasteiger partial charge in [0.25, 0.3) is 11.8 Å². The Morgan fingerprint density at radius 1 is 0.929 bits per heavy atom. The van der Waals surface area contributed by atoms with Crippen LogP contribution in [0.5, 0.6) is 5.75 Å². The van der Waals surface area contributed by atoms with E-state index in [1.165, 1.54) is 18.2 Å². The van der Waals surface area contributed by atoms with Crippen LogP contribution in [0, 0.1) is 0 Å². The summed E-state index contributed by atoms with van der Waals surface area (Å²) < 4.78 is 43.6. The number of hydrogen-bond donors (Lipinski definition) is 2. The maximum atomic E-state index is 12.9. The molecule has 2 aromatic carbocycles. The second-order valence-corrected chi connectivity index (χ2v) is 5.67. The van der Waals surface area contributed by atoms with E-state index in [0.29, 0.717) is 5.52 Å². The fourth-order valence-electron chi connectivity index (χ4n) is 2.39. The number of nitrogens with one attached hydrogen (secondary N) is 2. The molecule has 0 radical (unpaired) electrons. The summed E-state index contributed by atoms with van der Waals surface area (Å²) in [6, 6.07) is 14.9. The van der Waals surface area contributed by atoms with Gasteiger partial charge in [0.2, 0.25) is 0 Å². The van der Waals surface area contributed by atoms with E-state index in [2.05, 4.69) is 15.8 Å². The zero-order valence-corrected chi connectivity index (χ0v) is 14.3. The summed E-state index contributed by atoms with van der Waals surface area (Å²) in [5, 5.41) is 0.847. The molecule has 0 aliphatic carbocycles. The van der Waals surface area contributed by atoms with Gasteiger partial charge in [-0.3, -0.25) is 20.4 Å². The van der Waals surface area contributed by atoms with Gasteiger partial charge in [0.1, 0.15) is 11.4 Å². The van der Waals surface area contributed by atoms with Crippen molar-refractivity contribution in [3.8, 4) is 5.75 Å². The van der Waals surface area contributed by atoms with Crippen LogP contribution in [0.4, 0.5) is 13.2 Å². The molecule has 0 unspecified atom stereocenters. The first kappa shape index (κ1) is 19.2. The number of pyridine rings is 1. The van der Waals surface area contributed by atoms with Crippen LogP contribution in [0.2, 0.25) is 0 Å². The number of halogens is 3. The van der Waals surface area contributed by atoms with Crippen molar-refractivity contribution in [2.75, 3.05) is 6.61 Å². The molecule has 0 fully saturated rings. The van der Waals surface area contributed by atoms with Crippen molar-refractivity contribution in [3.63, 3.8) is 0 Å². The van der Waals surface area contributed by atoms with Crippen LogP contribution < -0.4 is 15.6 Å². The van der Waals surface area contributed by atoms with E-state index in [0.717, 1.165) is 17.5 Å². The van der Waals surface area contributed by atoms with Crippen LogP contribution in [0.1, 0.15) is 16.1 Å². The van der Waals surface area contributed by atoms with Gasteiger partial charge >= 0.3 is 6.18 Å². The smallest absolute Gasteiger partial charge is 0.419 e. The number of amides is 2. The number of hydrazine groups is 1. The third-order valence-electron chi connectivity index (χ3n) is 3.70. The first-order valence-corrected chi connectivity index (χ1v) is 8.08. The highest BCUT2D eigenvalue weighted by molar-refractivity contribution is 5.95. The summed E-state index contributed by atoms with van der Waals surface area (Å²) in [5.41, 5.74) is 3.90. The van der Waals surface area contributed by atoms with Gasteiger partial charge in [-0.2, -0.15) is 13.2 Å². The largest absolute Gasteiger partial charge is 0.483 e. The van der Waals surface area contributed by atoms with Crippen molar-refractivity contribution in [3.05, 3.63) is 71.9 Å². The molecule has 0 aliphatic heterocycles. The second kappa shape index (κ2) is 7.95. The molecule has 0 bridgehead atoms. The average molecular weight is 389 g/mol. The highest BCUT2D eigenvalue weighted by atomic mass is 19.4. The molecule has 2 amide bonds. The lowest BCUT2D eigenvalue weighted by Gasteiger charge is -2.13. The molecular weight excluding hydrogens is 375 g/mol. The summed E-state index contributed by atoms with van der Waals surface area (Å²) in [5.74, 6) is -1.98. The minimum atomic E-state index is -4.61. The molecule has 9 heteroatoms. The van der Waals surface area contributed by atoms with E-state index in [-0.39, 0.29) is 5.69 Å². The Balaban J connectivity index is 1.56. The van der Waals surface area contributed by atoms with E-state index in [1.807, 2.05) is 12.1 Å². The molecule has 6 nitrogen and oxygen atoms in total. The molecule has 2 N–H and O–H groups in total. The van der Waals surface area contributed by atoms with Gasteiger partial charge in [0, 0.05) is 5.39 Å². The number of aromatic nitrogens is 1. The Hall–Kier alpha value is -3.62.